The summed E-state index contributed by atoms with van der Waals surface area (Å²) in [5.41, 5.74) is 5.88. The summed E-state index contributed by atoms with van der Waals surface area (Å²) < 4.78 is 0. The van der Waals surface area contributed by atoms with Crippen LogP contribution >= 0.6 is 0 Å². The van der Waals surface area contributed by atoms with E-state index in [1.165, 1.54) is 19.3 Å². The first-order valence-corrected chi connectivity index (χ1v) is 6.47. The van der Waals surface area contributed by atoms with Crippen LogP contribution in [0.3, 0.4) is 0 Å². The molecule has 0 bridgehead atoms. The number of carbonyl (C=O) groups excluding carboxylic acids is 1. The first kappa shape index (κ1) is 13.5. The highest BCUT2D eigenvalue weighted by Gasteiger charge is 2.30. The predicted molar refractivity (Wildman–Crippen MR) is 67.1 cm³/mol. The Morgan fingerprint density at radius 3 is 1.94 bits per heavy atom. The summed E-state index contributed by atoms with van der Waals surface area (Å²) in [4.78, 5) is 14.2. The van der Waals surface area contributed by atoms with Crippen LogP contribution in [0.2, 0.25) is 0 Å². The van der Waals surface area contributed by atoms with Crippen molar-refractivity contribution in [2.75, 3.05) is 13.1 Å². The van der Waals surface area contributed by atoms with E-state index in [1.807, 2.05) is 25.7 Å². The van der Waals surface area contributed by atoms with Gasteiger partial charge in [-0.25, -0.2) is 0 Å². The zero-order chi connectivity index (χ0) is 12.2. The first-order chi connectivity index (χ1) is 7.43. The summed E-state index contributed by atoms with van der Waals surface area (Å²) in [6.45, 7) is 7.87. The predicted octanol–water partition coefficient (Wildman–Crippen LogP) is 2.15. The molecule has 1 saturated heterocycles. The van der Waals surface area contributed by atoms with Crippen LogP contribution in [0, 0.1) is 5.41 Å². The van der Waals surface area contributed by atoms with Gasteiger partial charge in [0.05, 0.1) is 6.04 Å². The summed E-state index contributed by atoms with van der Waals surface area (Å²) in [6.07, 6.45) is 6.06. The van der Waals surface area contributed by atoms with Crippen molar-refractivity contribution in [1.29, 1.82) is 0 Å². The number of hydrogen-bond acceptors (Lipinski definition) is 2. The van der Waals surface area contributed by atoms with E-state index < -0.39 is 0 Å². The molecule has 0 aliphatic carbocycles. The number of hydrogen-bond donors (Lipinski definition) is 1. The highest BCUT2D eigenvalue weighted by molar-refractivity contribution is 5.82. The Bertz CT molecular complexity index is 225. The van der Waals surface area contributed by atoms with Crippen LogP contribution in [0.5, 0.6) is 0 Å². The molecular weight excluding hydrogens is 200 g/mol. The standard InChI is InChI=1S/C13H26N2O/c1-13(2,3)11(14)12(16)15-9-7-5-4-6-8-10-15/h11H,4-10,14H2,1-3H3/t11-/m0/s1. The molecular formula is C13H26N2O. The smallest absolute Gasteiger partial charge is 0.240 e. The van der Waals surface area contributed by atoms with Crippen molar-refractivity contribution in [2.24, 2.45) is 11.1 Å². The monoisotopic (exact) mass is 226 g/mol. The van der Waals surface area contributed by atoms with E-state index in [0.29, 0.717) is 0 Å². The van der Waals surface area contributed by atoms with Crippen molar-refractivity contribution < 1.29 is 4.79 Å². The van der Waals surface area contributed by atoms with Crippen molar-refractivity contribution in [3.8, 4) is 0 Å². The van der Waals surface area contributed by atoms with Gasteiger partial charge in [0.1, 0.15) is 0 Å². The van der Waals surface area contributed by atoms with E-state index in [1.54, 1.807) is 0 Å². The number of nitrogens with two attached hydrogens (primary N) is 1. The van der Waals surface area contributed by atoms with Crippen LogP contribution < -0.4 is 5.73 Å². The molecule has 0 aromatic heterocycles. The number of carbonyl (C=O) groups is 1. The van der Waals surface area contributed by atoms with Crippen molar-refractivity contribution >= 4 is 5.91 Å². The second-order valence-electron chi connectivity index (χ2n) is 5.94. The van der Waals surface area contributed by atoms with E-state index in [2.05, 4.69) is 0 Å². The highest BCUT2D eigenvalue weighted by Crippen LogP contribution is 2.20. The summed E-state index contributed by atoms with van der Waals surface area (Å²) in [6, 6.07) is -0.369. The van der Waals surface area contributed by atoms with Crippen LogP contribution in [0.15, 0.2) is 0 Å². The third-order valence-electron chi connectivity index (χ3n) is 3.37. The second kappa shape index (κ2) is 5.67. The minimum Gasteiger partial charge on any atom is -0.341 e. The van der Waals surface area contributed by atoms with Crippen molar-refractivity contribution in [2.45, 2.75) is 58.9 Å². The van der Waals surface area contributed by atoms with Crippen LogP contribution in [-0.2, 0) is 4.79 Å². The molecule has 1 aliphatic rings. The summed E-state index contributed by atoms with van der Waals surface area (Å²) in [5.74, 6) is 0.134. The van der Waals surface area contributed by atoms with E-state index in [-0.39, 0.29) is 17.4 Å². The lowest BCUT2D eigenvalue weighted by atomic mass is 9.86. The third kappa shape index (κ3) is 3.78. The normalized spacial score (nSPS) is 21.1. The third-order valence-corrected chi connectivity index (χ3v) is 3.37. The van der Waals surface area contributed by atoms with Gasteiger partial charge in [-0.05, 0) is 18.3 Å². The van der Waals surface area contributed by atoms with Gasteiger partial charge in [0.2, 0.25) is 5.91 Å². The second-order valence-corrected chi connectivity index (χ2v) is 5.94. The van der Waals surface area contributed by atoms with Gasteiger partial charge in [-0.15, -0.1) is 0 Å². The van der Waals surface area contributed by atoms with Crippen LogP contribution in [0.25, 0.3) is 0 Å². The zero-order valence-corrected chi connectivity index (χ0v) is 11.0. The molecule has 0 saturated carbocycles. The molecule has 1 atom stereocenters. The Kier molecular flexibility index (Phi) is 4.78. The molecule has 1 heterocycles. The fourth-order valence-electron chi connectivity index (χ4n) is 2.03. The Morgan fingerprint density at radius 2 is 1.50 bits per heavy atom. The Balaban J connectivity index is 2.56. The lowest BCUT2D eigenvalue weighted by molar-refractivity contribution is -0.135. The average molecular weight is 226 g/mol. The molecule has 0 unspecified atom stereocenters. The zero-order valence-electron chi connectivity index (χ0n) is 11.0. The Morgan fingerprint density at radius 1 is 1.06 bits per heavy atom. The van der Waals surface area contributed by atoms with E-state index in [4.69, 9.17) is 5.73 Å². The van der Waals surface area contributed by atoms with Crippen LogP contribution in [0.4, 0.5) is 0 Å². The highest BCUT2D eigenvalue weighted by atomic mass is 16.2. The van der Waals surface area contributed by atoms with Gasteiger partial charge in [0.25, 0.3) is 0 Å². The van der Waals surface area contributed by atoms with Crippen molar-refractivity contribution in [1.82, 2.24) is 4.90 Å². The van der Waals surface area contributed by atoms with Crippen molar-refractivity contribution in [3.05, 3.63) is 0 Å². The number of rotatable bonds is 1. The van der Waals surface area contributed by atoms with E-state index >= 15 is 0 Å². The van der Waals surface area contributed by atoms with E-state index in [9.17, 15) is 4.79 Å². The molecule has 0 aromatic rings. The molecule has 0 spiro atoms. The lowest BCUT2D eigenvalue weighted by Crippen LogP contribution is -2.51. The Hall–Kier alpha value is -0.570. The summed E-state index contributed by atoms with van der Waals surface area (Å²) >= 11 is 0. The van der Waals surface area contributed by atoms with Gasteiger partial charge in [-0.3, -0.25) is 4.79 Å². The SMILES string of the molecule is CC(C)(C)[C@@H](N)C(=O)N1CCCCCCC1. The summed E-state index contributed by atoms with van der Waals surface area (Å²) in [5, 5.41) is 0. The van der Waals surface area contributed by atoms with Crippen molar-refractivity contribution in [3.63, 3.8) is 0 Å². The minimum atomic E-state index is -0.369. The van der Waals surface area contributed by atoms with Crippen LogP contribution in [-0.4, -0.2) is 29.9 Å². The van der Waals surface area contributed by atoms with Gasteiger partial charge in [0, 0.05) is 13.1 Å². The molecule has 0 radical (unpaired) electrons. The molecule has 1 aliphatic heterocycles. The maximum Gasteiger partial charge on any atom is 0.240 e. The number of amides is 1. The maximum absolute atomic E-state index is 12.2. The summed E-state index contributed by atoms with van der Waals surface area (Å²) in [7, 11) is 0. The molecule has 3 heteroatoms. The van der Waals surface area contributed by atoms with Gasteiger partial charge in [-0.1, -0.05) is 40.0 Å². The maximum atomic E-state index is 12.2. The topological polar surface area (TPSA) is 46.3 Å². The Labute approximate surface area is 99.4 Å². The minimum absolute atomic E-state index is 0.134. The van der Waals surface area contributed by atoms with E-state index in [0.717, 1.165) is 25.9 Å². The van der Waals surface area contributed by atoms with Gasteiger partial charge < -0.3 is 10.6 Å². The molecule has 0 aromatic carbocycles. The molecule has 16 heavy (non-hydrogen) atoms. The average Bonchev–Trinajstić information content (AvgIpc) is 2.13. The van der Waals surface area contributed by atoms with Gasteiger partial charge >= 0.3 is 0 Å². The first-order valence-electron chi connectivity index (χ1n) is 6.47. The van der Waals surface area contributed by atoms with Crippen LogP contribution in [0.1, 0.15) is 52.9 Å². The fourth-order valence-corrected chi connectivity index (χ4v) is 2.03. The molecule has 1 amide bonds. The molecule has 1 rings (SSSR count). The van der Waals surface area contributed by atoms with Gasteiger partial charge in [0.15, 0.2) is 0 Å². The molecule has 3 nitrogen and oxygen atoms in total. The quantitative estimate of drug-likeness (QED) is 0.744. The largest absolute Gasteiger partial charge is 0.341 e. The number of likely N-dealkylation sites (tertiary alicyclic amines) is 1. The molecule has 2 N–H and O–H groups in total. The van der Waals surface area contributed by atoms with Gasteiger partial charge in [-0.2, -0.15) is 0 Å². The molecule has 94 valence electrons. The number of nitrogens with zero attached hydrogens (tertiary/aromatic N) is 1. The lowest BCUT2D eigenvalue weighted by Gasteiger charge is -2.33. The molecule has 1 fully saturated rings. The fraction of sp³-hybridized carbons (Fsp3) is 0.923.